The molecular formula is C18H21FN4O. The Morgan fingerprint density at radius 1 is 1.17 bits per heavy atom. The predicted molar refractivity (Wildman–Crippen MR) is 90.1 cm³/mol. The molecule has 5 nitrogen and oxygen atoms in total. The molecule has 1 N–H and O–H groups in total. The van der Waals surface area contributed by atoms with Gasteiger partial charge in [-0.15, -0.1) is 0 Å². The topological polar surface area (TPSA) is 58.1 Å². The zero-order valence-electron chi connectivity index (χ0n) is 13.5. The molecule has 2 aromatic rings. The molecule has 2 heterocycles. The minimum atomic E-state index is -0.284. The molecular weight excluding hydrogens is 307 g/mol. The van der Waals surface area contributed by atoms with Crippen LogP contribution in [0.1, 0.15) is 18.4 Å². The molecule has 1 aliphatic rings. The van der Waals surface area contributed by atoms with Crippen LogP contribution >= 0.6 is 0 Å². The Kier molecular flexibility index (Phi) is 5.36. The molecule has 0 atom stereocenters. The number of rotatable bonds is 5. The van der Waals surface area contributed by atoms with E-state index in [1.54, 1.807) is 24.5 Å². The summed E-state index contributed by atoms with van der Waals surface area (Å²) in [7, 11) is 0. The monoisotopic (exact) mass is 328 g/mol. The third-order valence-electron chi connectivity index (χ3n) is 4.32. The Morgan fingerprint density at radius 2 is 1.83 bits per heavy atom. The highest BCUT2D eigenvalue weighted by atomic mass is 19.1. The number of nitrogens with one attached hydrogen (secondary N) is 1. The molecule has 0 radical (unpaired) electrons. The van der Waals surface area contributed by atoms with Crippen molar-refractivity contribution in [3.05, 3.63) is 54.1 Å². The third kappa shape index (κ3) is 4.50. The minimum absolute atomic E-state index is 0.0181. The Hall–Kier alpha value is -2.50. The Bertz CT molecular complexity index is 654. The molecule has 6 heteroatoms. The second kappa shape index (κ2) is 7.86. The van der Waals surface area contributed by atoms with Crippen LogP contribution in [-0.4, -0.2) is 35.5 Å². The van der Waals surface area contributed by atoms with Crippen LogP contribution in [0.2, 0.25) is 0 Å². The van der Waals surface area contributed by atoms with Gasteiger partial charge in [0.05, 0.1) is 6.42 Å². The van der Waals surface area contributed by atoms with Gasteiger partial charge < -0.3 is 10.2 Å². The highest BCUT2D eigenvalue weighted by Gasteiger charge is 2.21. The summed E-state index contributed by atoms with van der Waals surface area (Å²) in [6, 6.07) is 7.86. The fourth-order valence-electron chi connectivity index (χ4n) is 2.90. The van der Waals surface area contributed by atoms with Crippen molar-refractivity contribution in [2.75, 3.05) is 24.5 Å². The third-order valence-corrected chi connectivity index (χ3v) is 4.32. The minimum Gasteiger partial charge on any atom is -0.356 e. The quantitative estimate of drug-likeness (QED) is 0.914. The van der Waals surface area contributed by atoms with E-state index in [1.165, 1.54) is 12.1 Å². The highest BCUT2D eigenvalue weighted by Crippen LogP contribution is 2.19. The number of nitrogens with zero attached hydrogens (tertiary/aromatic N) is 3. The van der Waals surface area contributed by atoms with Gasteiger partial charge in [-0.2, -0.15) is 0 Å². The van der Waals surface area contributed by atoms with Gasteiger partial charge in [0.25, 0.3) is 0 Å². The van der Waals surface area contributed by atoms with Gasteiger partial charge in [-0.05, 0) is 42.5 Å². The molecule has 3 rings (SSSR count). The number of hydrogen-bond donors (Lipinski definition) is 1. The maximum absolute atomic E-state index is 12.9. The number of carbonyl (C=O) groups excluding carboxylic acids is 1. The van der Waals surface area contributed by atoms with Crippen LogP contribution in [0.5, 0.6) is 0 Å². The first-order valence-electron chi connectivity index (χ1n) is 8.24. The molecule has 1 aromatic heterocycles. The molecule has 1 amide bonds. The SMILES string of the molecule is O=C(Cc1ccc(F)cc1)NCC1CCN(c2ncccn2)CC1. The molecule has 0 unspecified atom stereocenters. The van der Waals surface area contributed by atoms with Crippen molar-refractivity contribution in [3.8, 4) is 0 Å². The normalized spacial score (nSPS) is 15.3. The number of hydrogen-bond acceptors (Lipinski definition) is 4. The van der Waals surface area contributed by atoms with Crippen LogP contribution in [0.4, 0.5) is 10.3 Å². The summed E-state index contributed by atoms with van der Waals surface area (Å²) in [5, 5.41) is 2.99. The average molecular weight is 328 g/mol. The molecule has 0 aliphatic carbocycles. The van der Waals surface area contributed by atoms with Gasteiger partial charge in [0.15, 0.2) is 0 Å². The number of carbonyl (C=O) groups is 1. The van der Waals surface area contributed by atoms with E-state index in [2.05, 4.69) is 20.2 Å². The molecule has 24 heavy (non-hydrogen) atoms. The van der Waals surface area contributed by atoms with Crippen molar-refractivity contribution in [2.45, 2.75) is 19.3 Å². The molecule has 1 saturated heterocycles. The molecule has 0 saturated carbocycles. The highest BCUT2D eigenvalue weighted by molar-refractivity contribution is 5.78. The summed E-state index contributed by atoms with van der Waals surface area (Å²) in [6.45, 7) is 2.49. The summed E-state index contributed by atoms with van der Waals surface area (Å²) in [4.78, 5) is 22.7. The molecule has 1 aliphatic heterocycles. The number of amides is 1. The summed E-state index contributed by atoms with van der Waals surface area (Å²) in [5.41, 5.74) is 0.824. The lowest BCUT2D eigenvalue weighted by atomic mass is 9.97. The van der Waals surface area contributed by atoms with E-state index >= 15 is 0 Å². The van der Waals surface area contributed by atoms with Crippen molar-refractivity contribution in [2.24, 2.45) is 5.92 Å². The van der Waals surface area contributed by atoms with Crippen molar-refractivity contribution < 1.29 is 9.18 Å². The number of anilines is 1. The van der Waals surface area contributed by atoms with Gasteiger partial charge in [0.2, 0.25) is 11.9 Å². The Morgan fingerprint density at radius 3 is 2.50 bits per heavy atom. The van der Waals surface area contributed by atoms with Crippen LogP contribution in [0, 0.1) is 11.7 Å². The van der Waals surface area contributed by atoms with Crippen LogP contribution in [0.3, 0.4) is 0 Å². The summed E-state index contributed by atoms with van der Waals surface area (Å²) < 4.78 is 12.9. The van der Waals surface area contributed by atoms with Gasteiger partial charge in [-0.3, -0.25) is 4.79 Å². The number of benzene rings is 1. The van der Waals surface area contributed by atoms with Crippen molar-refractivity contribution in [3.63, 3.8) is 0 Å². The van der Waals surface area contributed by atoms with E-state index in [1.807, 2.05) is 6.07 Å². The van der Waals surface area contributed by atoms with Gasteiger partial charge in [0.1, 0.15) is 5.82 Å². The summed E-state index contributed by atoms with van der Waals surface area (Å²) in [5.74, 6) is 0.946. The van der Waals surface area contributed by atoms with Crippen molar-refractivity contribution in [1.82, 2.24) is 15.3 Å². The molecule has 126 valence electrons. The lowest BCUT2D eigenvalue weighted by Gasteiger charge is -2.31. The zero-order chi connectivity index (χ0) is 16.8. The van der Waals surface area contributed by atoms with Crippen LogP contribution in [0.25, 0.3) is 0 Å². The maximum atomic E-state index is 12.9. The number of piperidine rings is 1. The first-order valence-corrected chi connectivity index (χ1v) is 8.24. The van der Waals surface area contributed by atoms with Crippen LogP contribution < -0.4 is 10.2 Å². The lowest BCUT2D eigenvalue weighted by Crippen LogP contribution is -2.39. The van der Waals surface area contributed by atoms with E-state index in [0.29, 0.717) is 12.5 Å². The van der Waals surface area contributed by atoms with Gasteiger partial charge in [0, 0.05) is 32.0 Å². The zero-order valence-corrected chi connectivity index (χ0v) is 13.5. The molecule has 0 bridgehead atoms. The van der Waals surface area contributed by atoms with E-state index in [-0.39, 0.29) is 18.1 Å². The standard InChI is InChI=1S/C18H21FN4O/c19-16-4-2-14(3-5-16)12-17(24)22-13-15-6-10-23(11-7-15)18-20-8-1-9-21-18/h1-5,8-9,15H,6-7,10-13H2,(H,22,24). The fraction of sp³-hybridized carbons (Fsp3) is 0.389. The first kappa shape index (κ1) is 16.4. The van der Waals surface area contributed by atoms with Crippen molar-refractivity contribution >= 4 is 11.9 Å². The second-order valence-corrected chi connectivity index (χ2v) is 6.09. The predicted octanol–water partition coefficient (Wildman–Crippen LogP) is 2.19. The Labute approximate surface area is 140 Å². The van der Waals surface area contributed by atoms with E-state index in [9.17, 15) is 9.18 Å². The molecule has 1 aromatic carbocycles. The lowest BCUT2D eigenvalue weighted by molar-refractivity contribution is -0.120. The van der Waals surface area contributed by atoms with Crippen molar-refractivity contribution in [1.29, 1.82) is 0 Å². The van der Waals surface area contributed by atoms with Gasteiger partial charge >= 0.3 is 0 Å². The smallest absolute Gasteiger partial charge is 0.225 e. The summed E-state index contributed by atoms with van der Waals surface area (Å²) in [6.07, 6.45) is 5.81. The number of halogens is 1. The maximum Gasteiger partial charge on any atom is 0.225 e. The molecule has 1 fully saturated rings. The first-order chi connectivity index (χ1) is 11.7. The van der Waals surface area contributed by atoms with Crippen LogP contribution in [-0.2, 0) is 11.2 Å². The molecule has 0 spiro atoms. The van der Waals surface area contributed by atoms with Gasteiger partial charge in [-0.1, -0.05) is 12.1 Å². The van der Waals surface area contributed by atoms with Crippen LogP contribution in [0.15, 0.2) is 42.7 Å². The average Bonchev–Trinajstić information content (AvgIpc) is 2.63. The fourth-order valence-corrected chi connectivity index (χ4v) is 2.90. The van der Waals surface area contributed by atoms with E-state index < -0.39 is 0 Å². The summed E-state index contributed by atoms with van der Waals surface area (Å²) >= 11 is 0. The Balaban J connectivity index is 1.40. The number of aromatic nitrogens is 2. The second-order valence-electron chi connectivity index (χ2n) is 6.09. The van der Waals surface area contributed by atoms with Gasteiger partial charge in [-0.25, -0.2) is 14.4 Å². The van der Waals surface area contributed by atoms with E-state index in [4.69, 9.17) is 0 Å². The van der Waals surface area contributed by atoms with E-state index in [0.717, 1.165) is 37.4 Å². The largest absolute Gasteiger partial charge is 0.356 e.